The van der Waals surface area contributed by atoms with Gasteiger partial charge in [-0.25, -0.2) is 14.2 Å². The number of benzene rings is 4. The number of isocyanates is 1. The zero-order valence-corrected chi connectivity index (χ0v) is 34.9. The second-order valence-electron chi connectivity index (χ2n) is 13.8. The van der Waals surface area contributed by atoms with Crippen molar-refractivity contribution in [1.29, 1.82) is 0 Å². The highest BCUT2D eigenvalue weighted by Crippen LogP contribution is 2.33. The number of urea groups is 1. The molecule has 2 amide bonds. The lowest BCUT2D eigenvalue weighted by Gasteiger charge is -2.25. The highest BCUT2D eigenvalue weighted by atomic mass is 32.1. The third-order valence-corrected chi connectivity index (χ3v) is 11.4. The van der Waals surface area contributed by atoms with Gasteiger partial charge in [0.25, 0.3) is 0 Å². The molecule has 1 saturated heterocycles. The molecule has 4 aromatic carbocycles. The Morgan fingerprint density at radius 1 is 0.800 bits per heavy atom. The number of ether oxygens (including phenoxy) is 1. The van der Waals surface area contributed by atoms with Crippen LogP contribution in [0.25, 0.3) is 20.2 Å². The molecular formula is C43H52N4O5S2Si. The molecule has 1 aliphatic heterocycles. The highest BCUT2D eigenvalue weighted by Gasteiger charge is 2.22. The normalized spacial score (nSPS) is 13.2. The molecule has 9 nitrogen and oxygen atoms in total. The van der Waals surface area contributed by atoms with Crippen molar-refractivity contribution in [2.75, 3.05) is 13.2 Å². The van der Waals surface area contributed by atoms with Crippen molar-refractivity contribution in [2.45, 2.75) is 71.6 Å². The standard InChI is InChI=1S/C18H18N2O2S.C17H17NOS.C4H9NOSi.C4H8O/c1-13(17-11-15-9-5-6-10-16(15)23-17)20(18(19)21)22-12-14-7-3-2-4-8-14;1-13(18-19-12-14-7-3-2-4-8-14)17-11-15-9-5-6-10-16(15)20-17;1-7(2,3)5-4-6;1-2-4-5-3-1/h2-11,13H,12H2,1H3,(H2,19,21);2-11,13,18H,12H2,1H3;1-3H3;1-4H2. The van der Waals surface area contributed by atoms with Crippen LogP contribution in [0.1, 0.15) is 59.7 Å². The summed E-state index contributed by atoms with van der Waals surface area (Å²) in [6, 6.07) is 40.1. The van der Waals surface area contributed by atoms with E-state index in [1.54, 1.807) is 17.4 Å². The number of nitrogens with zero attached hydrogens (tertiary/aromatic N) is 2. The van der Waals surface area contributed by atoms with Crippen LogP contribution in [0, 0.1) is 0 Å². The number of nitrogens with one attached hydrogen (secondary N) is 1. The van der Waals surface area contributed by atoms with E-state index in [0.717, 1.165) is 29.0 Å². The monoisotopic (exact) mass is 796 g/mol. The third-order valence-electron chi connectivity index (χ3n) is 8.06. The Kier molecular flexibility index (Phi) is 17.9. The highest BCUT2D eigenvalue weighted by molar-refractivity contribution is 7.19. The maximum atomic E-state index is 11.8. The third kappa shape index (κ3) is 15.3. The minimum atomic E-state index is -1.46. The van der Waals surface area contributed by atoms with Gasteiger partial charge in [-0.05, 0) is 92.5 Å². The minimum Gasteiger partial charge on any atom is -0.381 e. The van der Waals surface area contributed by atoms with E-state index in [1.165, 1.54) is 43.1 Å². The molecule has 3 heterocycles. The number of rotatable bonds is 11. The van der Waals surface area contributed by atoms with E-state index in [9.17, 15) is 9.59 Å². The molecule has 2 atom stereocenters. The quantitative estimate of drug-likeness (QED) is 0.0584. The lowest BCUT2D eigenvalue weighted by Crippen LogP contribution is -2.37. The molecule has 7 rings (SSSR count). The maximum absolute atomic E-state index is 11.8. The van der Waals surface area contributed by atoms with Gasteiger partial charge in [-0.15, -0.1) is 22.7 Å². The Balaban J connectivity index is 0.000000190. The number of fused-ring (bicyclic) bond motifs is 2. The maximum Gasteiger partial charge on any atom is 0.339 e. The van der Waals surface area contributed by atoms with E-state index in [4.69, 9.17) is 20.1 Å². The van der Waals surface area contributed by atoms with Crippen molar-refractivity contribution < 1.29 is 24.0 Å². The number of primary amides is 1. The van der Waals surface area contributed by atoms with E-state index >= 15 is 0 Å². The molecule has 12 heteroatoms. The Hall–Kier alpha value is -4.49. The molecule has 0 spiro atoms. The number of thiophene rings is 2. The SMILES string of the molecule is C1CCOC1.CC(NOCc1ccccc1)c1cc2ccccc2s1.CC(c1cc2ccccc2s1)N(OCc1ccccc1)C(N)=O.C[Si](C)(C)N=C=O. The summed E-state index contributed by atoms with van der Waals surface area (Å²) in [5, 5.41) is 3.70. The number of hydroxylamine groups is 3. The molecule has 6 aromatic rings. The molecule has 0 aliphatic carbocycles. The van der Waals surface area contributed by atoms with Crippen LogP contribution in [-0.2, 0) is 32.4 Å². The molecule has 2 aromatic heterocycles. The van der Waals surface area contributed by atoms with Crippen molar-refractivity contribution in [3.05, 3.63) is 142 Å². The van der Waals surface area contributed by atoms with Crippen molar-refractivity contribution in [2.24, 2.45) is 10.4 Å². The number of nitrogens with two attached hydrogens (primary N) is 1. The fraction of sp³-hybridized carbons (Fsp3) is 0.302. The molecular weight excluding hydrogens is 745 g/mol. The van der Waals surface area contributed by atoms with Crippen molar-refractivity contribution in [3.8, 4) is 0 Å². The van der Waals surface area contributed by atoms with Gasteiger partial charge in [0, 0.05) is 32.4 Å². The van der Waals surface area contributed by atoms with E-state index in [1.807, 2.05) is 98.6 Å². The van der Waals surface area contributed by atoms with E-state index in [-0.39, 0.29) is 12.1 Å². The van der Waals surface area contributed by atoms with E-state index < -0.39 is 14.3 Å². The van der Waals surface area contributed by atoms with Gasteiger partial charge in [0.1, 0.15) is 6.61 Å². The van der Waals surface area contributed by atoms with Crippen LogP contribution < -0.4 is 11.2 Å². The summed E-state index contributed by atoms with van der Waals surface area (Å²) in [7, 11) is -1.46. The summed E-state index contributed by atoms with van der Waals surface area (Å²) >= 11 is 3.45. The van der Waals surface area contributed by atoms with Gasteiger partial charge in [0.15, 0.2) is 8.24 Å². The predicted octanol–water partition coefficient (Wildman–Crippen LogP) is 11.1. The molecule has 0 saturated carbocycles. The summed E-state index contributed by atoms with van der Waals surface area (Å²) in [4.78, 5) is 34.9. The fourth-order valence-electron chi connectivity index (χ4n) is 5.15. The van der Waals surface area contributed by atoms with Crippen LogP contribution in [0.5, 0.6) is 0 Å². The average molecular weight is 797 g/mol. The first-order valence-corrected chi connectivity index (χ1v) is 23.4. The van der Waals surface area contributed by atoms with Gasteiger partial charge < -0.3 is 10.5 Å². The number of hydrogen-bond donors (Lipinski definition) is 2. The van der Waals surface area contributed by atoms with E-state index in [0.29, 0.717) is 13.2 Å². The van der Waals surface area contributed by atoms with Gasteiger partial charge in [-0.1, -0.05) is 97.1 Å². The molecule has 0 radical (unpaired) electrons. The first-order valence-electron chi connectivity index (χ1n) is 18.3. The first-order chi connectivity index (χ1) is 26.5. The number of amides is 2. The van der Waals surface area contributed by atoms with Crippen molar-refractivity contribution >= 4 is 63.2 Å². The summed E-state index contributed by atoms with van der Waals surface area (Å²) in [6.45, 7) is 12.9. The zero-order chi connectivity index (χ0) is 39.5. The van der Waals surface area contributed by atoms with Crippen LogP contribution in [0.3, 0.4) is 0 Å². The number of hydrogen-bond acceptors (Lipinski definition) is 9. The smallest absolute Gasteiger partial charge is 0.339 e. The Morgan fingerprint density at radius 2 is 1.29 bits per heavy atom. The molecule has 2 unspecified atom stereocenters. The summed E-state index contributed by atoms with van der Waals surface area (Å²) in [6.07, 6.45) is 4.10. The Labute approximate surface area is 333 Å². The molecule has 3 N–H and O–H groups in total. The lowest BCUT2D eigenvalue weighted by molar-refractivity contribution is -0.149. The van der Waals surface area contributed by atoms with Crippen molar-refractivity contribution in [3.63, 3.8) is 0 Å². The van der Waals surface area contributed by atoms with Crippen molar-refractivity contribution in [1.82, 2.24) is 10.5 Å². The second kappa shape index (κ2) is 22.8. The largest absolute Gasteiger partial charge is 0.381 e. The predicted molar refractivity (Wildman–Crippen MR) is 229 cm³/mol. The molecule has 0 bridgehead atoms. The zero-order valence-electron chi connectivity index (χ0n) is 32.3. The Morgan fingerprint density at radius 3 is 1.75 bits per heavy atom. The number of carbonyl (C=O) groups is 1. The number of carbonyl (C=O) groups excluding carboxylic acids is 2. The van der Waals surface area contributed by atoms with Crippen LogP contribution in [0.4, 0.5) is 4.79 Å². The lowest BCUT2D eigenvalue weighted by atomic mass is 10.2. The van der Waals surface area contributed by atoms with Crippen LogP contribution in [0.2, 0.25) is 19.6 Å². The summed E-state index contributed by atoms with van der Waals surface area (Å²) < 4.78 is 11.0. The van der Waals surface area contributed by atoms with Crippen LogP contribution in [0.15, 0.2) is 126 Å². The van der Waals surface area contributed by atoms with E-state index in [2.05, 4.69) is 77.7 Å². The minimum absolute atomic E-state index is 0.191. The summed E-state index contributed by atoms with van der Waals surface area (Å²) in [5.41, 5.74) is 10.8. The average Bonchev–Trinajstić information content (AvgIpc) is 3.98. The molecule has 1 aliphatic rings. The topological polar surface area (TPSA) is 115 Å². The van der Waals surface area contributed by atoms with Gasteiger partial charge in [-0.2, -0.15) is 10.5 Å². The van der Waals surface area contributed by atoms with Crippen LogP contribution >= 0.6 is 22.7 Å². The van der Waals surface area contributed by atoms with Gasteiger partial charge in [0.2, 0.25) is 6.08 Å². The first kappa shape index (κ1) is 43.2. The molecule has 290 valence electrons. The Bertz CT molecular complexity index is 1990. The van der Waals surface area contributed by atoms with Gasteiger partial charge >= 0.3 is 6.03 Å². The van der Waals surface area contributed by atoms with Gasteiger partial charge in [0.05, 0.1) is 18.7 Å². The molecule has 1 fully saturated rings. The summed E-state index contributed by atoms with van der Waals surface area (Å²) in [5.74, 6) is 0. The van der Waals surface area contributed by atoms with Gasteiger partial charge in [-0.3, -0.25) is 9.68 Å². The second-order valence-corrected chi connectivity index (χ2v) is 20.6. The van der Waals surface area contributed by atoms with Crippen LogP contribution in [-0.4, -0.2) is 38.6 Å². The fourth-order valence-corrected chi connectivity index (χ4v) is 7.58. The molecule has 55 heavy (non-hydrogen) atoms.